The summed E-state index contributed by atoms with van der Waals surface area (Å²) in [4.78, 5) is 22.3. The summed E-state index contributed by atoms with van der Waals surface area (Å²) in [5.74, 6) is 0.738. The van der Waals surface area contributed by atoms with Crippen LogP contribution in [0.1, 0.15) is 39.5 Å². The van der Waals surface area contributed by atoms with Crippen molar-refractivity contribution in [1.82, 2.24) is 14.8 Å². The molecule has 4 aliphatic rings. The van der Waals surface area contributed by atoms with Crippen molar-refractivity contribution in [1.29, 1.82) is 0 Å². The van der Waals surface area contributed by atoms with Crippen LogP contribution in [-0.2, 0) is 12.8 Å². The third kappa shape index (κ3) is 2.87. The molecule has 3 saturated heterocycles. The highest BCUT2D eigenvalue weighted by molar-refractivity contribution is 7.09. The van der Waals surface area contributed by atoms with Crippen LogP contribution in [0.4, 0.5) is 0 Å². The second-order valence-electron chi connectivity index (χ2n) is 8.09. The van der Waals surface area contributed by atoms with E-state index in [0.717, 1.165) is 43.9 Å². The number of benzene rings is 1. The number of carbonyl (C=O) groups is 1. The molecule has 0 radical (unpaired) electrons. The number of piperidine rings is 1. The molecular formula is C21H25N3OS. The molecular weight excluding hydrogens is 342 g/mol. The average molecular weight is 368 g/mol. The van der Waals surface area contributed by atoms with Gasteiger partial charge in [0, 0.05) is 37.1 Å². The lowest BCUT2D eigenvalue weighted by molar-refractivity contribution is 0.0576. The smallest absolute Gasteiger partial charge is 0.273 e. The number of carbonyl (C=O) groups excluding carboxylic acids is 1. The van der Waals surface area contributed by atoms with Crippen LogP contribution < -0.4 is 0 Å². The van der Waals surface area contributed by atoms with Crippen molar-refractivity contribution in [2.45, 2.75) is 44.7 Å². The van der Waals surface area contributed by atoms with Gasteiger partial charge in [-0.2, -0.15) is 0 Å². The highest BCUT2D eigenvalue weighted by Crippen LogP contribution is 2.33. The van der Waals surface area contributed by atoms with Gasteiger partial charge in [-0.1, -0.05) is 24.3 Å². The third-order valence-corrected chi connectivity index (χ3v) is 7.16. The van der Waals surface area contributed by atoms with Gasteiger partial charge in [0.25, 0.3) is 5.91 Å². The zero-order chi connectivity index (χ0) is 17.7. The minimum absolute atomic E-state index is 0.139. The first-order valence-corrected chi connectivity index (χ1v) is 10.6. The Morgan fingerprint density at radius 2 is 1.85 bits per heavy atom. The van der Waals surface area contributed by atoms with Crippen LogP contribution in [0.5, 0.6) is 0 Å². The van der Waals surface area contributed by atoms with Gasteiger partial charge in [0.1, 0.15) is 5.69 Å². The van der Waals surface area contributed by atoms with Crippen LogP contribution >= 0.6 is 11.3 Å². The van der Waals surface area contributed by atoms with Gasteiger partial charge in [-0.25, -0.2) is 4.98 Å². The molecule has 1 aromatic heterocycles. The Kier molecular flexibility index (Phi) is 4.09. The fraction of sp³-hybridized carbons (Fsp3) is 0.524. The Morgan fingerprint density at radius 1 is 1.08 bits per heavy atom. The maximum atomic E-state index is 13.0. The van der Waals surface area contributed by atoms with Crippen molar-refractivity contribution in [3.8, 4) is 0 Å². The van der Waals surface area contributed by atoms with E-state index in [-0.39, 0.29) is 5.91 Å². The lowest BCUT2D eigenvalue weighted by atomic mass is 9.95. The molecule has 26 heavy (non-hydrogen) atoms. The van der Waals surface area contributed by atoms with Gasteiger partial charge in [-0.05, 0) is 49.7 Å². The molecule has 0 N–H and O–H groups in total. The van der Waals surface area contributed by atoms with Crippen molar-refractivity contribution in [2.75, 3.05) is 19.6 Å². The van der Waals surface area contributed by atoms with Gasteiger partial charge in [-0.3, -0.25) is 9.69 Å². The number of amides is 1. The standard InChI is InChI=1S/C21H25N3OS/c1-14-22-20(13-26-14)21(25)24-11-15-6-7-18(24)12-23(10-15)19-8-16-4-2-3-5-17(16)9-19/h2-5,13,15,18-19H,6-12H2,1H3/t15-,18+/m0/s1. The van der Waals surface area contributed by atoms with E-state index in [1.807, 2.05) is 12.3 Å². The Balaban J connectivity index is 1.34. The Labute approximate surface area is 158 Å². The molecule has 1 amide bonds. The van der Waals surface area contributed by atoms with Crippen molar-refractivity contribution >= 4 is 17.2 Å². The molecule has 6 rings (SSSR count). The second-order valence-corrected chi connectivity index (χ2v) is 9.15. The largest absolute Gasteiger partial charge is 0.333 e. The predicted molar refractivity (Wildman–Crippen MR) is 104 cm³/mol. The van der Waals surface area contributed by atoms with Crippen LogP contribution in [-0.4, -0.2) is 52.4 Å². The van der Waals surface area contributed by atoms with E-state index in [2.05, 4.69) is 39.0 Å². The number of hydrogen-bond donors (Lipinski definition) is 0. The number of aryl methyl sites for hydroxylation is 1. The maximum absolute atomic E-state index is 13.0. The minimum Gasteiger partial charge on any atom is -0.333 e. The molecule has 0 saturated carbocycles. The van der Waals surface area contributed by atoms with Crippen LogP contribution in [0.3, 0.4) is 0 Å². The molecule has 4 heterocycles. The predicted octanol–water partition coefficient (Wildman–Crippen LogP) is 3.16. The van der Waals surface area contributed by atoms with Gasteiger partial charge in [0.2, 0.25) is 0 Å². The fourth-order valence-corrected chi connectivity index (χ4v) is 5.65. The van der Waals surface area contributed by atoms with Crippen LogP contribution in [0.25, 0.3) is 0 Å². The maximum Gasteiger partial charge on any atom is 0.273 e. The monoisotopic (exact) mass is 367 g/mol. The summed E-state index contributed by atoms with van der Waals surface area (Å²) in [7, 11) is 0. The first-order valence-electron chi connectivity index (χ1n) is 9.71. The highest BCUT2D eigenvalue weighted by Gasteiger charge is 2.40. The molecule has 136 valence electrons. The highest BCUT2D eigenvalue weighted by atomic mass is 32.1. The lowest BCUT2D eigenvalue weighted by Crippen LogP contribution is -2.48. The molecule has 0 unspecified atom stereocenters. The SMILES string of the molecule is Cc1nc(C(=O)N2C[C@H]3CC[C@@H]2CN(C2Cc4ccccc4C2)C3)cs1. The minimum atomic E-state index is 0.139. The summed E-state index contributed by atoms with van der Waals surface area (Å²) < 4.78 is 0. The number of thiazole rings is 1. The van der Waals surface area contributed by atoms with Gasteiger partial charge >= 0.3 is 0 Å². The Morgan fingerprint density at radius 3 is 2.54 bits per heavy atom. The molecule has 2 atom stereocenters. The average Bonchev–Trinajstić information content (AvgIpc) is 3.17. The van der Waals surface area contributed by atoms with Crippen LogP contribution in [0.15, 0.2) is 29.6 Å². The van der Waals surface area contributed by atoms with Gasteiger partial charge in [0.05, 0.1) is 5.01 Å². The van der Waals surface area contributed by atoms with Gasteiger partial charge < -0.3 is 4.90 Å². The molecule has 5 heteroatoms. The van der Waals surface area contributed by atoms with Crippen molar-refractivity contribution in [3.05, 3.63) is 51.5 Å². The quantitative estimate of drug-likeness (QED) is 0.818. The van der Waals surface area contributed by atoms with E-state index >= 15 is 0 Å². The number of fused-ring (bicyclic) bond motifs is 5. The first kappa shape index (κ1) is 16.5. The lowest BCUT2D eigenvalue weighted by Gasteiger charge is -2.36. The molecule has 1 aromatic carbocycles. The summed E-state index contributed by atoms with van der Waals surface area (Å²) in [6, 6.07) is 9.82. The fourth-order valence-electron chi connectivity index (χ4n) is 5.07. The molecule has 0 spiro atoms. The number of nitrogens with zero attached hydrogens (tertiary/aromatic N) is 3. The molecule has 4 nitrogen and oxygen atoms in total. The van der Waals surface area contributed by atoms with Crippen molar-refractivity contribution in [2.24, 2.45) is 5.92 Å². The van der Waals surface area contributed by atoms with E-state index in [1.54, 1.807) is 11.3 Å². The number of hydrogen-bond acceptors (Lipinski definition) is 4. The summed E-state index contributed by atoms with van der Waals surface area (Å²) in [6.45, 7) is 5.02. The zero-order valence-electron chi connectivity index (χ0n) is 15.2. The first-order chi connectivity index (χ1) is 12.7. The van der Waals surface area contributed by atoms with Crippen LogP contribution in [0, 0.1) is 12.8 Å². The topological polar surface area (TPSA) is 36.4 Å². The summed E-state index contributed by atoms with van der Waals surface area (Å²) in [6.07, 6.45) is 4.71. The molecule has 1 aliphatic carbocycles. The molecule has 3 aliphatic heterocycles. The van der Waals surface area contributed by atoms with E-state index in [9.17, 15) is 4.79 Å². The van der Waals surface area contributed by atoms with Crippen molar-refractivity contribution < 1.29 is 4.79 Å². The normalized spacial score (nSPS) is 26.1. The summed E-state index contributed by atoms with van der Waals surface area (Å²) in [5, 5.41) is 2.89. The van der Waals surface area contributed by atoms with E-state index in [4.69, 9.17) is 0 Å². The van der Waals surface area contributed by atoms with Crippen LogP contribution in [0.2, 0.25) is 0 Å². The van der Waals surface area contributed by atoms with E-state index < -0.39 is 0 Å². The van der Waals surface area contributed by atoms with Gasteiger partial charge in [0.15, 0.2) is 0 Å². The van der Waals surface area contributed by atoms with Crippen molar-refractivity contribution in [3.63, 3.8) is 0 Å². The van der Waals surface area contributed by atoms with Gasteiger partial charge in [-0.15, -0.1) is 11.3 Å². The molecule has 2 aromatic rings. The van der Waals surface area contributed by atoms with E-state index in [1.165, 1.54) is 17.5 Å². The van der Waals surface area contributed by atoms with E-state index in [0.29, 0.717) is 23.7 Å². The number of aromatic nitrogens is 1. The summed E-state index contributed by atoms with van der Waals surface area (Å²) in [5.41, 5.74) is 3.67. The molecule has 3 fully saturated rings. The third-order valence-electron chi connectivity index (χ3n) is 6.39. The molecule has 2 bridgehead atoms. The second kappa shape index (κ2) is 6.46. The number of rotatable bonds is 2. The Hall–Kier alpha value is -1.72. The Bertz CT molecular complexity index is 807. The zero-order valence-corrected chi connectivity index (χ0v) is 16.0. The summed E-state index contributed by atoms with van der Waals surface area (Å²) >= 11 is 1.57.